The molecule has 0 unspecified atom stereocenters. The quantitative estimate of drug-likeness (QED) is 0.929. The fourth-order valence-electron chi connectivity index (χ4n) is 3.57. The van der Waals surface area contributed by atoms with Gasteiger partial charge >= 0.3 is 0 Å². The van der Waals surface area contributed by atoms with Gasteiger partial charge in [0.1, 0.15) is 11.6 Å². The molecule has 114 valence electrons. The predicted octanol–water partition coefficient (Wildman–Crippen LogP) is 3.96. The Hall–Kier alpha value is -1.42. The van der Waals surface area contributed by atoms with Crippen LogP contribution < -0.4 is 5.73 Å². The van der Waals surface area contributed by atoms with Crippen LogP contribution in [0.2, 0.25) is 0 Å². The minimum Gasteiger partial charge on any atom is -0.325 e. The molecule has 21 heavy (non-hydrogen) atoms. The highest BCUT2D eigenvalue weighted by Gasteiger charge is 2.30. The zero-order valence-electron chi connectivity index (χ0n) is 12.9. The Kier molecular flexibility index (Phi) is 3.74. The van der Waals surface area contributed by atoms with Gasteiger partial charge in [0.15, 0.2) is 0 Å². The number of hydrogen-bond acceptors (Lipinski definition) is 2. The minimum absolute atomic E-state index is 0.148. The largest absolute Gasteiger partial charge is 0.325 e. The van der Waals surface area contributed by atoms with Crippen LogP contribution in [0.25, 0.3) is 11.0 Å². The van der Waals surface area contributed by atoms with Crippen LogP contribution in [-0.4, -0.2) is 15.1 Å². The molecule has 2 N–H and O–H groups in total. The van der Waals surface area contributed by atoms with Crippen molar-refractivity contribution in [3.63, 3.8) is 0 Å². The molecule has 3 nitrogen and oxygen atoms in total. The standard InChI is InChI=1S/C17H24FN3/c1-12(2)21-15-7-6-13(18)10-14(15)20-16(21)11-17(19)8-4-3-5-9-17/h6-7,10,12H,3-5,8-9,11,19H2,1-2H3. The van der Waals surface area contributed by atoms with E-state index in [-0.39, 0.29) is 11.4 Å². The third-order valence-corrected chi connectivity index (χ3v) is 4.60. The molecule has 0 radical (unpaired) electrons. The lowest BCUT2D eigenvalue weighted by Gasteiger charge is -2.33. The molecule has 1 heterocycles. The fourth-order valence-corrected chi connectivity index (χ4v) is 3.57. The Bertz CT molecular complexity index is 639. The van der Waals surface area contributed by atoms with Gasteiger partial charge in [0.05, 0.1) is 11.0 Å². The van der Waals surface area contributed by atoms with Crippen LogP contribution in [0.5, 0.6) is 0 Å². The average Bonchev–Trinajstić information content (AvgIpc) is 2.75. The van der Waals surface area contributed by atoms with Crippen molar-refractivity contribution in [2.24, 2.45) is 5.73 Å². The maximum Gasteiger partial charge on any atom is 0.125 e. The summed E-state index contributed by atoms with van der Waals surface area (Å²) in [6.45, 7) is 4.27. The first kappa shape index (κ1) is 14.5. The number of nitrogens with zero attached hydrogens (tertiary/aromatic N) is 2. The number of rotatable bonds is 3. The van der Waals surface area contributed by atoms with E-state index < -0.39 is 0 Å². The summed E-state index contributed by atoms with van der Waals surface area (Å²) in [7, 11) is 0. The van der Waals surface area contributed by atoms with Gasteiger partial charge in [-0.1, -0.05) is 19.3 Å². The molecule has 1 aliphatic carbocycles. The summed E-state index contributed by atoms with van der Waals surface area (Å²) in [5.74, 6) is 0.762. The smallest absolute Gasteiger partial charge is 0.125 e. The van der Waals surface area contributed by atoms with E-state index in [2.05, 4.69) is 23.4 Å². The van der Waals surface area contributed by atoms with Crippen LogP contribution in [0.3, 0.4) is 0 Å². The van der Waals surface area contributed by atoms with Crippen LogP contribution in [0, 0.1) is 5.82 Å². The predicted molar refractivity (Wildman–Crippen MR) is 83.8 cm³/mol. The van der Waals surface area contributed by atoms with Gasteiger partial charge in [-0.05, 0) is 38.8 Å². The van der Waals surface area contributed by atoms with Gasteiger partial charge in [-0.3, -0.25) is 0 Å². The van der Waals surface area contributed by atoms with E-state index in [1.165, 1.54) is 31.4 Å². The highest BCUT2D eigenvalue weighted by molar-refractivity contribution is 5.76. The number of hydrogen-bond donors (Lipinski definition) is 1. The van der Waals surface area contributed by atoms with Gasteiger partial charge in [-0.15, -0.1) is 0 Å². The first-order chi connectivity index (χ1) is 9.98. The summed E-state index contributed by atoms with van der Waals surface area (Å²) in [5.41, 5.74) is 8.17. The average molecular weight is 289 g/mol. The molecule has 1 fully saturated rings. The summed E-state index contributed by atoms with van der Waals surface area (Å²) >= 11 is 0. The van der Waals surface area contributed by atoms with Crippen molar-refractivity contribution < 1.29 is 4.39 Å². The van der Waals surface area contributed by atoms with E-state index in [9.17, 15) is 4.39 Å². The molecule has 1 aromatic heterocycles. The second kappa shape index (κ2) is 5.41. The first-order valence-electron chi connectivity index (χ1n) is 7.94. The van der Waals surface area contributed by atoms with E-state index in [1.807, 2.05) is 6.07 Å². The van der Waals surface area contributed by atoms with Crippen molar-refractivity contribution in [3.8, 4) is 0 Å². The molecular weight excluding hydrogens is 265 g/mol. The molecule has 1 aromatic carbocycles. The Morgan fingerprint density at radius 1 is 1.29 bits per heavy atom. The van der Waals surface area contributed by atoms with Gasteiger partial charge in [0.2, 0.25) is 0 Å². The van der Waals surface area contributed by atoms with Gasteiger partial charge in [0, 0.05) is 24.1 Å². The minimum atomic E-state index is -0.234. The SMILES string of the molecule is CC(C)n1c(CC2(N)CCCCC2)nc2cc(F)ccc21. The molecule has 0 bridgehead atoms. The molecule has 0 aliphatic heterocycles. The van der Waals surface area contributed by atoms with Gasteiger partial charge < -0.3 is 10.3 Å². The van der Waals surface area contributed by atoms with E-state index in [0.717, 1.165) is 36.1 Å². The van der Waals surface area contributed by atoms with Crippen LogP contribution in [0.1, 0.15) is 57.8 Å². The van der Waals surface area contributed by atoms with Crippen LogP contribution in [-0.2, 0) is 6.42 Å². The van der Waals surface area contributed by atoms with Crippen LogP contribution in [0.4, 0.5) is 4.39 Å². The normalized spacial score (nSPS) is 18.5. The third kappa shape index (κ3) is 2.82. The van der Waals surface area contributed by atoms with Gasteiger partial charge in [-0.25, -0.2) is 9.37 Å². The highest BCUT2D eigenvalue weighted by Crippen LogP contribution is 2.31. The maximum absolute atomic E-state index is 13.4. The zero-order valence-corrected chi connectivity index (χ0v) is 12.9. The molecule has 0 spiro atoms. The van der Waals surface area contributed by atoms with E-state index in [0.29, 0.717) is 6.04 Å². The summed E-state index contributed by atoms with van der Waals surface area (Å²) in [5, 5.41) is 0. The number of nitrogens with two attached hydrogens (primary N) is 1. The van der Waals surface area contributed by atoms with Crippen molar-refractivity contribution in [3.05, 3.63) is 29.8 Å². The van der Waals surface area contributed by atoms with Crippen molar-refractivity contribution in [1.29, 1.82) is 0 Å². The molecule has 1 aliphatic rings. The monoisotopic (exact) mass is 289 g/mol. The third-order valence-electron chi connectivity index (χ3n) is 4.60. The summed E-state index contributed by atoms with van der Waals surface area (Å²) < 4.78 is 15.6. The van der Waals surface area contributed by atoms with Crippen molar-refractivity contribution in [1.82, 2.24) is 9.55 Å². The van der Waals surface area contributed by atoms with Crippen molar-refractivity contribution in [2.75, 3.05) is 0 Å². The zero-order chi connectivity index (χ0) is 15.0. The summed E-state index contributed by atoms with van der Waals surface area (Å²) in [6.07, 6.45) is 6.58. The Morgan fingerprint density at radius 3 is 2.67 bits per heavy atom. The molecular formula is C17H24FN3. The van der Waals surface area contributed by atoms with Crippen LogP contribution >= 0.6 is 0 Å². The van der Waals surface area contributed by atoms with E-state index in [1.54, 1.807) is 0 Å². The number of halogens is 1. The second-order valence-electron chi connectivity index (χ2n) is 6.72. The Labute approximate surface area is 125 Å². The molecule has 0 atom stereocenters. The van der Waals surface area contributed by atoms with Gasteiger partial charge in [0.25, 0.3) is 0 Å². The molecule has 1 saturated carbocycles. The molecule has 0 saturated heterocycles. The fraction of sp³-hybridized carbons (Fsp3) is 0.588. The number of benzene rings is 1. The maximum atomic E-state index is 13.4. The first-order valence-corrected chi connectivity index (χ1v) is 7.94. The highest BCUT2D eigenvalue weighted by atomic mass is 19.1. The van der Waals surface area contributed by atoms with Crippen molar-refractivity contribution in [2.45, 2.75) is 64.0 Å². The number of imidazole rings is 1. The van der Waals surface area contributed by atoms with Gasteiger partial charge in [-0.2, -0.15) is 0 Å². The number of aromatic nitrogens is 2. The molecule has 4 heteroatoms. The van der Waals surface area contributed by atoms with Crippen LogP contribution in [0.15, 0.2) is 18.2 Å². The molecule has 3 rings (SSSR count). The van der Waals surface area contributed by atoms with E-state index in [4.69, 9.17) is 5.73 Å². The van der Waals surface area contributed by atoms with E-state index >= 15 is 0 Å². The topological polar surface area (TPSA) is 43.8 Å². The lowest BCUT2D eigenvalue weighted by molar-refractivity contribution is 0.286. The Balaban J connectivity index is 2.02. The lowest BCUT2D eigenvalue weighted by atomic mass is 9.80. The summed E-state index contributed by atoms with van der Waals surface area (Å²) in [6, 6.07) is 5.14. The van der Waals surface area contributed by atoms with Crippen molar-refractivity contribution >= 4 is 11.0 Å². The summed E-state index contributed by atoms with van der Waals surface area (Å²) in [4.78, 5) is 4.68. The molecule has 0 amide bonds. The molecule has 2 aromatic rings. The number of fused-ring (bicyclic) bond motifs is 1. The lowest BCUT2D eigenvalue weighted by Crippen LogP contribution is -2.44. The Morgan fingerprint density at radius 2 is 2.00 bits per heavy atom. The second-order valence-corrected chi connectivity index (χ2v) is 6.72.